The first-order valence-corrected chi connectivity index (χ1v) is 7.55. The van der Waals surface area contributed by atoms with Crippen molar-refractivity contribution in [2.75, 3.05) is 19.6 Å². The summed E-state index contributed by atoms with van der Waals surface area (Å²) < 4.78 is 0. The van der Waals surface area contributed by atoms with Crippen molar-refractivity contribution < 1.29 is 0 Å². The maximum absolute atomic E-state index is 3.73. The van der Waals surface area contributed by atoms with E-state index in [2.05, 4.69) is 44.8 Å². The molecule has 2 unspecified atom stereocenters. The van der Waals surface area contributed by atoms with Gasteiger partial charge >= 0.3 is 0 Å². The van der Waals surface area contributed by atoms with E-state index in [1.54, 1.807) is 0 Å². The number of hydrogen-bond acceptors (Lipinski definition) is 2. The van der Waals surface area contributed by atoms with Crippen LogP contribution in [0.25, 0.3) is 0 Å². The monoisotopic (exact) mass is 240 g/mol. The van der Waals surface area contributed by atoms with Gasteiger partial charge in [-0.15, -0.1) is 0 Å². The highest BCUT2D eigenvalue weighted by molar-refractivity contribution is 4.90. The van der Waals surface area contributed by atoms with Crippen LogP contribution in [-0.2, 0) is 0 Å². The molecule has 1 rings (SSSR count). The van der Waals surface area contributed by atoms with Crippen molar-refractivity contribution >= 4 is 0 Å². The van der Waals surface area contributed by atoms with Crippen LogP contribution in [0.5, 0.6) is 0 Å². The quantitative estimate of drug-likeness (QED) is 0.793. The molecule has 17 heavy (non-hydrogen) atoms. The molecule has 0 spiro atoms. The van der Waals surface area contributed by atoms with Gasteiger partial charge in [0.25, 0.3) is 0 Å². The molecule has 1 aliphatic heterocycles. The lowest BCUT2D eigenvalue weighted by atomic mass is 9.92. The SMILES string of the molecule is CCC(CC)C(C)N1CCCNC(C)(CC)C1. The van der Waals surface area contributed by atoms with Gasteiger partial charge in [0.2, 0.25) is 0 Å². The first-order valence-electron chi connectivity index (χ1n) is 7.55. The van der Waals surface area contributed by atoms with Crippen LogP contribution < -0.4 is 5.32 Å². The third-order valence-corrected chi connectivity index (χ3v) is 4.81. The predicted molar refractivity (Wildman–Crippen MR) is 76.4 cm³/mol. The fourth-order valence-corrected chi connectivity index (χ4v) is 3.11. The fraction of sp³-hybridized carbons (Fsp3) is 1.00. The van der Waals surface area contributed by atoms with E-state index in [-0.39, 0.29) is 0 Å². The van der Waals surface area contributed by atoms with E-state index in [1.165, 1.54) is 45.3 Å². The second-order valence-corrected chi connectivity index (χ2v) is 5.98. The zero-order valence-corrected chi connectivity index (χ0v) is 12.6. The Balaban J connectivity index is 2.67. The second kappa shape index (κ2) is 6.75. The molecule has 2 nitrogen and oxygen atoms in total. The van der Waals surface area contributed by atoms with Crippen molar-refractivity contribution in [2.45, 2.75) is 71.9 Å². The molecule has 1 aliphatic rings. The van der Waals surface area contributed by atoms with E-state index >= 15 is 0 Å². The van der Waals surface area contributed by atoms with Gasteiger partial charge in [-0.05, 0) is 45.7 Å². The lowest BCUT2D eigenvalue weighted by molar-refractivity contribution is 0.123. The Hall–Kier alpha value is -0.0800. The van der Waals surface area contributed by atoms with Crippen molar-refractivity contribution in [1.82, 2.24) is 10.2 Å². The van der Waals surface area contributed by atoms with Crippen molar-refractivity contribution in [2.24, 2.45) is 5.92 Å². The van der Waals surface area contributed by atoms with Crippen LogP contribution in [0, 0.1) is 5.92 Å². The van der Waals surface area contributed by atoms with E-state index in [1.807, 2.05) is 0 Å². The van der Waals surface area contributed by atoms with Crippen LogP contribution in [0.15, 0.2) is 0 Å². The van der Waals surface area contributed by atoms with Crippen molar-refractivity contribution in [3.05, 3.63) is 0 Å². The van der Waals surface area contributed by atoms with Crippen molar-refractivity contribution in [3.8, 4) is 0 Å². The summed E-state index contributed by atoms with van der Waals surface area (Å²) >= 11 is 0. The lowest BCUT2D eigenvalue weighted by Gasteiger charge is -2.38. The molecule has 0 amide bonds. The van der Waals surface area contributed by atoms with Gasteiger partial charge in [0.15, 0.2) is 0 Å². The number of hydrogen-bond donors (Lipinski definition) is 1. The minimum Gasteiger partial charge on any atom is -0.310 e. The second-order valence-electron chi connectivity index (χ2n) is 5.98. The minimum atomic E-state index is 0.316. The molecule has 1 N–H and O–H groups in total. The highest BCUT2D eigenvalue weighted by Crippen LogP contribution is 2.23. The molecule has 0 aromatic rings. The summed E-state index contributed by atoms with van der Waals surface area (Å²) in [4.78, 5) is 2.72. The molecule has 0 saturated carbocycles. The molecule has 102 valence electrons. The molecule has 0 aromatic carbocycles. The molecular weight excluding hydrogens is 208 g/mol. The van der Waals surface area contributed by atoms with Crippen LogP contribution >= 0.6 is 0 Å². The summed E-state index contributed by atoms with van der Waals surface area (Å²) in [5.74, 6) is 0.856. The fourth-order valence-electron chi connectivity index (χ4n) is 3.11. The summed E-state index contributed by atoms with van der Waals surface area (Å²) in [5.41, 5.74) is 0.316. The van der Waals surface area contributed by atoms with Gasteiger partial charge in [-0.3, -0.25) is 4.90 Å². The third-order valence-electron chi connectivity index (χ3n) is 4.81. The molecule has 2 heteroatoms. The van der Waals surface area contributed by atoms with Gasteiger partial charge in [0.1, 0.15) is 0 Å². The Morgan fingerprint density at radius 3 is 2.41 bits per heavy atom. The predicted octanol–water partition coefficient (Wildman–Crippen LogP) is 3.28. The van der Waals surface area contributed by atoms with Gasteiger partial charge in [-0.1, -0.05) is 33.6 Å². The molecule has 1 saturated heterocycles. The van der Waals surface area contributed by atoms with Gasteiger partial charge in [0.05, 0.1) is 0 Å². The Morgan fingerprint density at radius 1 is 1.24 bits per heavy atom. The average molecular weight is 240 g/mol. The van der Waals surface area contributed by atoms with E-state index < -0.39 is 0 Å². The Labute approximate surface area is 108 Å². The number of nitrogens with zero attached hydrogens (tertiary/aromatic N) is 1. The lowest BCUT2D eigenvalue weighted by Crippen LogP contribution is -2.51. The van der Waals surface area contributed by atoms with Crippen LogP contribution in [0.1, 0.15) is 60.3 Å². The average Bonchev–Trinajstić information content (AvgIpc) is 2.53. The van der Waals surface area contributed by atoms with Gasteiger partial charge < -0.3 is 5.32 Å². The smallest absolute Gasteiger partial charge is 0.0277 e. The molecule has 1 fully saturated rings. The van der Waals surface area contributed by atoms with Gasteiger partial charge in [-0.25, -0.2) is 0 Å². The molecular formula is C15H32N2. The first kappa shape index (κ1) is 15.0. The van der Waals surface area contributed by atoms with E-state index in [4.69, 9.17) is 0 Å². The Morgan fingerprint density at radius 2 is 1.88 bits per heavy atom. The standard InChI is InChI=1S/C15H32N2/c1-6-14(7-2)13(4)17-11-9-10-16-15(5,8-3)12-17/h13-14,16H,6-12H2,1-5H3. The highest BCUT2D eigenvalue weighted by atomic mass is 15.2. The Bertz CT molecular complexity index is 213. The molecule has 0 radical (unpaired) electrons. The minimum absolute atomic E-state index is 0.316. The van der Waals surface area contributed by atoms with Gasteiger partial charge in [0, 0.05) is 18.1 Å². The number of nitrogens with one attached hydrogen (secondary N) is 1. The van der Waals surface area contributed by atoms with Crippen LogP contribution in [-0.4, -0.2) is 36.1 Å². The molecule has 2 atom stereocenters. The molecule has 0 aliphatic carbocycles. The third kappa shape index (κ3) is 3.96. The molecule has 0 bridgehead atoms. The summed E-state index contributed by atoms with van der Waals surface area (Å²) in [6, 6.07) is 0.732. The largest absolute Gasteiger partial charge is 0.310 e. The van der Waals surface area contributed by atoms with E-state index in [9.17, 15) is 0 Å². The molecule has 1 heterocycles. The summed E-state index contributed by atoms with van der Waals surface area (Å²) in [5, 5.41) is 3.73. The maximum Gasteiger partial charge on any atom is 0.0277 e. The molecule has 0 aromatic heterocycles. The van der Waals surface area contributed by atoms with Crippen molar-refractivity contribution in [1.29, 1.82) is 0 Å². The van der Waals surface area contributed by atoms with Crippen LogP contribution in [0.3, 0.4) is 0 Å². The summed E-state index contributed by atoms with van der Waals surface area (Å²) in [6.45, 7) is 15.4. The van der Waals surface area contributed by atoms with E-state index in [0.29, 0.717) is 5.54 Å². The normalized spacial score (nSPS) is 29.3. The summed E-state index contributed by atoms with van der Waals surface area (Å²) in [7, 11) is 0. The number of rotatable bonds is 5. The van der Waals surface area contributed by atoms with Crippen LogP contribution in [0.2, 0.25) is 0 Å². The Kier molecular flexibility index (Phi) is 5.94. The van der Waals surface area contributed by atoms with Crippen LogP contribution in [0.4, 0.5) is 0 Å². The van der Waals surface area contributed by atoms with Crippen molar-refractivity contribution in [3.63, 3.8) is 0 Å². The van der Waals surface area contributed by atoms with Gasteiger partial charge in [-0.2, -0.15) is 0 Å². The first-order chi connectivity index (χ1) is 8.06. The highest BCUT2D eigenvalue weighted by Gasteiger charge is 2.31. The zero-order valence-electron chi connectivity index (χ0n) is 12.6. The zero-order chi connectivity index (χ0) is 12.9. The maximum atomic E-state index is 3.73. The summed E-state index contributed by atoms with van der Waals surface area (Å²) in [6.07, 6.45) is 5.13. The van der Waals surface area contributed by atoms with E-state index in [0.717, 1.165) is 12.0 Å². The topological polar surface area (TPSA) is 15.3 Å².